The average Bonchev–Trinajstić information content (AvgIpc) is 2.74. The number of halogens is 1. The van der Waals surface area contributed by atoms with Gasteiger partial charge in [-0.25, -0.2) is 10.8 Å². The first-order valence-corrected chi connectivity index (χ1v) is 7.38. The third-order valence-electron chi connectivity index (χ3n) is 3.21. The normalized spacial score (nSPS) is 13.5. The van der Waals surface area contributed by atoms with Gasteiger partial charge in [0.25, 0.3) is 5.69 Å². The van der Waals surface area contributed by atoms with Gasteiger partial charge < -0.3 is 5.43 Å². The fraction of sp³-hybridized carbons (Fsp3) is 0.0714. The molecule has 0 fully saturated rings. The number of hydrogen-bond acceptors (Lipinski definition) is 7. The Morgan fingerprint density at radius 1 is 1.35 bits per heavy atom. The summed E-state index contributed by atoms with van der Waals surface area (Å²) >= 11 is 3.30. The van der Waals surface area contributed by atoms with Crippen LogP contribution in [0, 0.1) is 10.1 Å². The van der Waals surface area contributed by atoms with Crippen molar-refractivity contribution in [2.45, 2.75) is 0 Å². The lowest BCUT2D eigenvalue weighted by Gasteiger charge is -2.08. The number of benzene rings is 1. The molecule has 0 spiro atoms. The molecule has 2 heterocycles. The van der Waals surface area contributed by atoms with E-state index in [2.05, 4.69) is 36.3 Å². The SMILES string of the molecule is NNC1=Nc2c(cc(Br)cc2[N+](=O)[O-])C(c2ccccn2)=NC1. The lowest BCUT2D eigenvalue weighted by Crippen LogP contribution is -2.32. The summed E-state index contributed by atoms with van der Waals surface area (Å²) < 4.78 is 0.561. The molecule has 3 N–H and O–H groups in total. The molecule has 0 amide bonds. The van der Waals surface area contributed by atoms with E-state index in [9.17, 15) is 10.1 Å². The minimum absolute atomic E-state index is 0.132. The van der Waals surface area contributed by atoms with Crippen molar-refractivity contribution in [2.75, 3.05) is 6.54 Å². The van der Waals surface area contributed by atoms with Crippen molar-refractivity contribution >= 4 is 38.9 Å². The van der Waals surface area contributed by atoms with Crippen LogP contribution in [-0.2, 0) is 0 Å². The highest BCUT2D eigenvalue weighted by molar-refractivity contribution is 9.10. The van der Waals surface area contributed by atoms with Crippen molar-refractivity contribution in [3.05, 3.63) is 62.4 Å². The van der Waals surface area contributed by atoms with Gasteiger partial charge in [-0.15, -0.1) is 0 Å². The Balaban J connectivity index is 2.30. The summed E-state index contributed by atoms with van der Waals surface area (Å²) in [5.74, 6) is 5.76. The second-order valence-corrected chi connectivity index (χ2v) is 5.58. The number of pyridine rings is 1. The Morgan fingerprint density at radius 2 is 2.17 bits per heavy atom. The summed E-state index contributed by atoms with van der Waals surface area (Å²) in [5.41, 5.74) is 4.15. The monoisotopic (exact) mass is 374 g/mol. The molecule has 1 aromatic carbocycles. The van der Waals surface area contributed by atoms with E-state index < -0.39 is 4.92 Å². The van der Waals surface area contributed by atoms with E-state index in [4.69, 9.17) is 5.84 Å². The van der Waals surface area contributed by atoms with Crippen LogP contribution in [0.2, 0.25) is 0 Å². The Hall–Kier alpha value is -2.65. The molecular weight excluding hydrogens is 364 g/mol. The molecule has 2 aromatic rings. The van der Waals surface area contributed by atoms with Crippen molar-refractivity contribution in [2.24, 2.45) is 15.8 Å². The number of aromatic nitrogens is 1. The van der Waals surface area contributed by atoms with Gasteiger partial charge in [-0.1, -0.05) is 22.0 Å². The van der Waals surface area contributed by atoms with Crippen LogP contribution < -0.4 is 11.3 Å². The van der Waals surface area contributed by atoms with Crippen LogP contribution in [0.25, 0.3) is 0 Å². The molecular formula is C14H11BrN6O2. The van der Waals surface area contributed by atoms with Crippen LogP contribution in [0.1, 0.15) is 11.3 Å². The maximum Gasteiger partial charge on any atom is 0.296 e. The number of fused-ring (bicyclic) bond motifs is 1. The number of nitro benzene ring substituents is 1. The summed E-state index contributed by atoms with van der Waals surface area (Å²) in [6.07, 6.45) is 1.64. The molecule has 23 heavy (non-hydrogen) atoms. The van der Waals surface area contributed by atoms with E-state index >= 15 is 0 Å². The first-order valence-electron chi connectivity index (χ1n) is 6.58. The molecule has 3 rings (SSSR count). The fourth-order valence-corrected chi connectivity index (χ4v) is 2.68. The standard InChI is InChI=1S/C14H11BrN6O2/c15-8-5-9-13(10-3-1-2-4-17-10)18-7-12(20-16)19-14(9)11(6-8)21(22)23/h1-6H,7,16H2,(H,19,20). The number of nitro groups is 1. The summed E-state index contributed by atoms with van der Waals surface area (Å²) in [7, 11) is 0. The molecule has 0 radical (unpaired) electrons. The van der Waals surface area contributed by atoms with Crippen LogP contribution in [-0.4, -0.2) is 28.0 Å². The van der Waals surface area contributed by atoms with E-state index in [0.29, 0.717) is 27.3 Å². The largest absolute Gasteiger partial charge is 0.310 e. The second kappa shape index (κ2) is 6.23. The molecule has 0 bridgehead atoms. The number of amidine groups is 1. The Labute approximate surface area is 139 Å². The van der Waals surface area contributed by atoms with Crippen molar-refractivity contribution in [3.63, 3.8) is 0 Å². The maximum absolute atomic E-state index is 11.4. The van der Waals surface area contributed by atoms with Gasteiger partial charge in [-0.05, 0) is 18.2 Å². The van der Waals surface area contributed by atoms with Gasteiger partial charge in [-0.2, -0.15) is 0 Å². The first-order chi connectivity index (χ1) is 11.1. The maximum atomic E-state index is 11.4. The quantitative estimate of drug-likeness (QED) is 0.473. The molecule has 0 saturated heterocycles. The minimum atomic E-state index is -0.484. The van der Waals surface area contributed by atoms with Gasteiger partial charge in [0.15, 0.2) is 5.69 Å². The molecule has 0 unspecified atom stereocenters. The van der Waals surface area contributed by atoms with Gasteiger partial charge in [-0.3, -0.25) is 20.1 Å². The Kier molecular flexibility index (Phi) is 4.13. The van der Waals surface area contributed by atoms with Crippen LogP contribution in [0.3, 0.4) is 0 Å². The number of aliphatic imine (C=N–C) groups is 2. The van der Waals surface area contributed by atoms with E-state index in [1.54, 1.807) is 24.4 Å². The number of hydrazine groups is 1. The highest BCUT2D eigenvalue weighted by Crippen LogP contribution is 2.37. The molecule has 0 aliphatic carbocycles. The van der Waals surface area contributed by atoms with E-state index in [-0.39, 0.29) is 17.9 Å². The van der Waals surface area contributed by atoms with Crippen molar-refractivity contribution in [3.8, 4) is 0 Å². The predicted octanol–water partition coefficient (Wildman–Crippen LogP) is 2.10. The third-order valence-corrected chi connectivity index (χ3v) is 3.67. The van der Waals surface area contributed by atoms with Gasteiger partial charge in [0.2, 0.25) is 0 Å². The number of nitrogens with two attached hydrogens (primary N) is 1. The lowest BCUT2D eigenvalue weighted by atomic mass is 10.0. The minimum Gasteiger partial charge on any atom is -0.310 e. The number of nitrogens with zero attached hydrogens (tertiary/aromatic N) is 4. The number of nitrogens with one attached hydrogen (secondary N) is 1. The molecule has 1 aromatic heterocycles. The van der Waals surface area contributed by atoms with E-state index in [1.807, 2.05) is 6.07 Å². The summed E-state index contributed by atoms with van der Waals surface area (Å²) in [6.45, 7) is 0.172. The molecule has 0 saturated carbocycles. The van der Waals surface area contributed by atoms with Gasteiger partial charge >= 0.3 is 0 Å². The molecule has 0 atom stereocenters. The van der Waals surface area contributed by atoms with Crippen LogP contribution in [0.5, 0.6) is 0 Å². The van der Waals surface area contributed by atoms with Gasteiger partial charge in [0.05, 0.1) is 22.9 Å². The predicted molar refractivity (Wildman–Crippen MR) is 90.0 cm³/mol. The smallest absolute Gasteiger partial charge is 0.296 e. The number of hydrogen-bond donors (Lipinski definition) is 2. The van der Waals surface area contributed by atoms with Crippen LogP contribution in [0.4, 0.5) is 11.4 Å². The molecule has 9 heteroatoms. The van der Waals surface area contributed by atoms with E-state index in [1.165, 1.54) is 6.07 Å². The highest BCUT2D eigenvalue weighted by Gasteiger charge is 2.25. The van der Waals surface area contributed by atoms with Crippen molar-refractivity contribution in [1.29, 1.82) is 0 Å². The zero-order chi connectivity index (χ0) is 16.4. The number of rotatable bonds is 2. The topological polar surface area (TPSA) is 119 Å². The average molecular weight is 375 g/mol. The molecule has 8 nitrogen and oxygen atoms in total. The molecule has 1 aliphatic heterocycles. The summed E-state index contributed by atoms with van der Waals surface area (Å²) in [6, 6.07) is 8.53. The third kappa shape index (κ3) is 2.96. The van der Waals surface area contributed by atoms with E-state index in [0.717, 1.165) is 0 Å². The highest BCUT2D eigenvalue weighted by atomic mass is 79.9. The zero-order valence-corrected chi connectivity index (χ0v) is 13.3. The van der Waals surface area contributed by atoms with Crippen LogP contribution >= 0.6 is 15.9 Å². The Bertz CT molecular complexity index is 835. The Morgan fingerprint density at radius 3 is 2.83 bits per heavy atom. The van der Waals surface area contributed by atoms with Crippen LogP contribution in [0.15, 0.2) is 51.0 Å². The van der Waals surface area contributed by atoms with Gasteiger partial charge in [0, 0.05) is 22.3 Å². The summed E-state index contributed by atoms with van der Waals surface area (Å²) in [5, 5.41) is 11.4. The summed E-state index contributed by atoms with van der Waals surface area (Å²) in [4.78, 5) is 23.9. The lowest BCUT2D eigenvalue weighted by molar-refractivity contribution is -0.384. The van der Waals surface area contributed by atoms with Gasteiger partial charge in [0.1, 0.15) is 5.84 Å². The first kappa shape index (κ1) is 15.3. The second-order valence-electron chi connectivity index (χ2n) is 4.66. The zero-order valence-electron chi connectivity index (χ0n) is 11.7. The molecule has 1 aliphatic rings. The molecule has 116 valence electrons. The fourth-order valence-electron chi connectivity index (χ4n) is 2.23. The van der Waals surface area contributed by atoms with Crippen molar-refractivity contribution in [1.82, 2.24) is 10.4 Å². The van der Waals surface area contributed by atoms with Crippen molar-refractivity contribution < 1.29 is 4.92 Å².